The zero-order valence-corrected chi connectivity index (χ0v) is 23.8. The number of carbonyl (C=O) groups is 1. The zero-order valence-electron chi connectivity index (χ0n) is 22.1. The van der Waals surface area contributed by atoms with Crippen LogP contribution in [0.5, 0.6) is 11.5 Å². The first kappa shape index (κ1) is 29.4. The molecule has 2 aromatic heterocycles. The van der Waals surface area contributed by atoms with E-state index in [-0.39, 0.29) is 11.7 Å². The molecule has 4 aromatic rings. The maximum absolute atomic E-state index is 11.7. The van der Waals surface area contributed by atoms with Crippen molar-refractivity contribution < 1.29 is 19.0 Å². The molecule has 0 aliphatic carbocycles. The Morgan fingerprint density at radius 3 is 1.85 bits per heavy atom. The molecule has 0 fully saturated rings. The number of hydrogen-bond donors (Lipinski definition) is 4. The predicted molar refractivity (Wildman–Crippen MR) is 162 cm³/mol. The molecule has 0 spiro atoms. The van der Waals surface area contributed by atoms with E-state index in [4.69, 9.17) is 30.8 Å². The molecule has 0 saturated heterocycles. The van der Waals surface area contributed by atoms with E-state index in [9.17, 15) is 4.79 Å². The molecule has 0 aliphatic heterocycles. The highest BCUT2D eigenvalue weighted by atomic mass is 32.1. The van der Waals surface area contributed by atoms with Gasteiger partial charge in [0.25, 0.3) is 0 Å². The molecular formula is C29H32N4O4S2. The number of hydrogen-bond acceptors (Lipinski definition) is 8. The Morgan fingerprint density at radius 1 is 0.897 bits per heavy atom. The molecule has 0 radical (unpaired) electrons. The van der Waals surface area contributed by atoms with Crippen LogP contribution >= 0.6 is 22.7 Å². The summed E-state index contributed by atoms with van der Waals surface area (Å²) in [6.45, 7) is 13.5. The van der Waals surface area contributed by atoms with E-state index in [1.54, 1.807) is 32.9 Å². The lowest BCUT2D eigenvalue weighted by atomic mass is 10.2. The molecule has 0 unspecified atom stereocenters. The topological polar surface area (TPSA) is 131 Å². The first-order valence-corrected chi connectivity index (χ1v) is 13.6. The molecule has 0 bridgehead atoms. The van der Waals surface area contributed by atoms with Crippen LogP contribution in [0.2, 0.25) is 0 Å². The summed E-state index contributed by atoms with van der Waals surface area (Å²) in [4.78, 5) is 13.2. The summed E-state index contributed by atoms with van der Waals surface area (Å²) >= 11 is 2.91. The molecule has 0 atom stereocenters. The van der Waals surface area contributed by atoms with Crippen LogP contribution in [0.25, 0.3) is 20.2 Å². The highest BCUT2D eigenvalue weighted by Crippen LogP contribution is 2.30. The van der Waals surface area contributed by atoms with Crippen molar-refractivity contribution in [2.75, 3.05) is 13.2 Å². The molecule has 39 heavy (non-hydrogen) atoms. The standard InChI is InChI=1S/C17H20N2O3S.C12H12N2OS/c1-5-8-21-12-7-6-11-9-14(23-13(11)10-12)15(18)19-16(20)22-17(2,3)4;1-2-5-15-9-4-3-8-6-11(12(13)14)16-10(8)7-9/h5-7,9-10H,1,8H2,2-4H3,(H2,18,19,20);2-4,6-7H,1,5H2,(H3,13,14). The molecule has 2 aromatic carbocycles. The van der Waals surface area contributed by atoms with Gasteiger partial charge in [-0.3, -0.25) is 16.1 Å². The third-order valence-electron chi connectivity index (χ3n) is 4.86. The molecular weight excluding hydrogens is 532 g/mol. The average molecular weight is 565 g/mol. The van der Waals surface area contributed by atoms with E-state index in [0.29, 0.717) is 18.1 Å². The highest BCUT2D eigenvalue weighted by molar-refractivity contribution is 7.21. The van der Waals surface area contributed by atoms with Crippen LogP contribution in [0.4, 0.5) is 4.79 Å². The van der Waals surface area contributed by atoms with Gasteiger partial charge < -0.3 is 19.9 Å². The second kappa shape index (κ2) is 13.1. The minimum atomic E-state index is -0.630. The van der Waals surface area contributed by atoms with Crippen molar-refractivity contribution in [3.63, 3.8) is 0 Å². The lowest BCUT2D eigenvalue weighted by molar-refractivity contribution is 0.0563. The van der Waals surface area contributed by atoms with Gasteiger partial charge in [0.2, 0.25) is 0 Å². The van der Waals surface area contributed by atoms with Crippen molar-refractivity contribution in [2.45, 2.75) is 26.4 Å². The number of ether oxygens (including phenoxy) is 3. The van der Waals surface area contributed by atoms with Crippen LogP contribution < -0.4 is 20.5 Å². The van der Waals surface area contributed by atoms with Gasteiger partial charge in [-0.05, 0) is 80.1 Å². The van der Waals surface area contributed by atoms with E-state index in [1.807, 2.05) is 48.5 Å². The number of nitrogen functional groups attached to an aromatic ring is 1. The fourth-order valence-corrected chi connectivity index (χ4v) is 5.18. The molecule has 1 amide bonds. The Balaban J connectivity index is 0.000000230. The van der Waals surface area contributed by atoms with Gasteiger partial charge in [-0.25, -0.2) is 4.79 Å². The number of benzene rings is 2. The number of alkyl carbamates (subject to hydrolysis) is 1. The van der Waals surface area contributed by atoms with Gasteiger partial charge in [0.05, 0.1) is 9.75 Å². The molecule has 8 nitrogen and oxygen atoms in total. The normalized spacial score (nSPS) is 10.7. The second-order valence-electron chi connectivity index (χ2n) is 9.24. The van der Waals surface area contributed by atoms with Crippen LogP contribution in [0.3, 0.4) is 0 Å². The first-order valence-electron chi connectivity index (χ1n) is 12.0. The van der Waals surface area contributed by atoms with Crippen molar-refractivity contribution in [3.8, 4) is 11.5 Å². The van der Waals surface area contributed by atoms with E-state index >= 15 is 0 Å². The second-order valence-corrected chi connectivity index (χ2v) is 11.4. The van der Waals surface area contributed by atoms with Gasteiger partial charge in [-0.2, -0.15) is 0 Å². The molecule has 4 rings (SSSR count). The summed E-state index contributed by atoms with van der Waals surface area (Å²) in [5, 5.41) is 19.9. The third kappa shape index (κ3) is 8.69. The summed E-state index contributed by atoms with van der Waals surface area (Å²) in [6.07, 6.45) is 2.76. The number of amides is 1. The number of nitrogens with two attached hydrogens (primary N) is 1. The van der Waals surface area contributed by atoms with Crippen LogP contribution in [-0.2, 0) is 4.74 Å². The van der Waals surface area contributed by atoms with Crippen LogP contribution in [0, 0.1) is 10.8 Å². The van der Waals surface area contributed by atoms with E-state index in [2.05, 4.69) is 18.5 Å². The summed E-state index contributed by atoms with van der Waals surface area (Å²) in [6, 6.07) is 15.3. The van der Waals surface area contributed by atoms with Gasteiger partial charge in [-0.15, -0.1) is 22.7 Å². The Kier molecular flexibility index (Phi) is 9.86. The summed E-state index contributed by atoms with van der Waals surface area (Å²) in [5.41, 5.74) is 4.85. The molecule has 0 aliphatic rings. The fourth-order valence-electron chi connectivity index (χ4n) is 3.24. The first-order chi connectivity index (χ1) is 18.5. The largest absolute Gasteiger partial charge is 0.490 e. The molecule has 2 heterocycles. The summed E-state index contributed by atoms with van der Waals surface area (Å²) in [5.74, 6) is 1.69. The van der Waals surface area contributed by atoms with Gasteiger partial charge >= 0.3 is 6.09 Å². The SMILES string of the molecule is C=CCOc1ccc2cc(C(=N)N)sc2c1.C=CCOc1ccc2cc(C(=N)NC(=O)OC(C)(C)C)sc2c1. The molecule has 5 N–H and O–H groups in total. The van der Waals surface area contributed by atoms with E-state index in [1.165, 1.54) is 22.7 Å². The van der Waals surface area contributed by atoms with Crippen LogP contribution in [0.15, 0.2) is 73.8 Å². The fraction of sp³-hybridized carbons (Fsp3) is 0.207. The lowest BCUT2D eigenvalue weighted by Crippen LogP contribution is -2.36. The maximum Gasteiger partial charge on any atom is 0.413 e. The maximum atomic E-state index is 11.7. The van der Waals surface area contributed by atoms with Crippen LogP contribution in [0.1, 0.15) is 30.5 Å². The Bertz CT molecular complexity index is 1510. The minimum Gasteiger partial charge on any atom is -0.490 e. The average Bonchev–Trinajstić information content (AvgIpc) is 3.49. The molecule has 204 valence electrons. The van der Waals surface area contributed by atoms with Crippen molar-refractivity contribution in [1.82, 2.24) is 5.32 Å². The van der Waals surface area contributed by atoms with E-state index in [0.717, 1.165) is 36.5 Å². The number of nitrogens with one attached hydrogen (secondary N) is 3. The summed E-state index contributed by atoms with van der Waals surface area (Å²) < 4.78 is 18.1. The van der Waals surface area contributed by atoms with Crippen molar-refractivity contribution in [3.05, 3.63) is 83.6 Å². The number of fused-ring (bicyclic) bond motifs is 2. The minimum absolute atomic E-state index is 0.0222. The van der Waals surface area contributed by atoms with Gasteiger partial charge in [-0.1, -0.05) is 25.3 Å². The van der Waals surface area contributed by atoms with Crippen LogP contribution in [-0.4, -0.2) is 36.6 Å². The monoisotopic (exact) mass is 564 g/mol. The lowest BCUT2D eigenvalue weighted by Gasteiger charge is -2.19. The van der Waals surface area contributed by atoms with Crippen molar-refractivity contribution in [1.29, 1.82) is 10.8 Å². The van der Waals surface area contributed by atoms with Gasteiger partial charge in [0.15, 0.2) is 0 Å². The quantitative estimate of drug-likeness (QED) is 0.103. The Morgan fingerprint density at radius 2 is 1.38 bits per heavy atom. The number of amidine groups is 2. The predicted octanol–water partition coefficient (Wildman–Crippen LogP) is 7.07. The molecule has 10 heteroatoms. The van der Waals surface area contributed by atoms with Crippen molar-refractivity contribution in [2.24, 2.45) is 5.73 Å². The molecule has 0 saturated carbocycles. The number of rotatable bonds is 8. The number of carbonyl (C=O) groups excluding carboxylic acids is 1. The van der Waals surface area contributed by atoms with E-state index < -0.39 is 11.7 Å². The smallest absolute Gasteiger partial charge is 0.413 e. The third-order valence-corrected chi connectivity index (χ3v) is 7.10. The number of thiophene rings is 2. The highest BCUT2D eigenvalue weighted by Gasteiger charge is 2.18. The Hall–Kier alpha value is -4.15. The zero-order chi connectivity index (χ0) is 28.6. The summed E-state index contributed by atoms with van der Waals surface area (Å²) in [7, 11) is 0. The van der Waals surface area contributed by atoms with Gasteiger partial charge in [0.1, 0.15) is 42.0 Å². The van der Waals surface area contributed by atoms with Crippen molar-refractivity contribution >= 4 is 60.6 Å². The van der Waals surface area contributed by atoms with Gasteiger partial charge in [0, 0.05) is 9.40 Å². The Labute approximate surface area is 235 Å².